The number of aromatic nitrogens is 7. The van der Waals surface area contributed by atoms with Crippen LogP contribution in [0, 0.1) is 0 Å². The Hall–Kier alpha value is -2.49. The maximum Gasteiger partial charge on any atom is 0.230 e. The fourth-order valence-electron chi connectivity index (χ4n) is 2.69. The number of nitrogens with one attached hydrogen (secondary N) is 2. The second-order valence-corrected chi connectivity index (χ2v) is 7.06. The van der Waals surface area contributed by atoms with E-state index >= 15 is 0 Å². The molecule has 9 nitrogen and oxygen atoms in total. The third-order valence-electron chi connectivity index (χ3n) is 4.19. The lowest BCUT2D eigenvalue weighted by Gasteiger charge is -2.10. The van der Waals surface area contributed by atoms with Crippen molar-refractivity contribution in [2.75, 3.05) is 17.2 Å². The molecule has 0 amide bonds. The van der Waals surface area contributed by atoms with Crippen LogP contribution in [0.25, 0.3) is 0 Å². The normalized spacial score (nSPS) is 15.0. The molecule has 136 valence electrons. The monoisotopic (exact) mass is 417 g/mol. The van der Waals surface area contributed by atoms with Crippen LogP contribution in [-0.2, 0) is 0 Å². The molecule has 3 heterocycles. The first-order valence-electron chi connectivity index (χ1n) is 8.64. The van der Waals surface area contributed by atoms with Gasteiger partial charge in [0.15, 0.2) is 0 Å². The average molecular weight is 418 g/mol. The maximum atomic E-state index is 4.77. The van der Waals surface area contributed by atoms with Crippen molar-refractivity contribution in [1.82, 2.24) is 34.7 Å². The van der Waals surface area contributed by atoms with Crippen molar-refractivity contribution in [2.45, 2.75) is 38.8 Å². The van der Waals surface area contributed by atoms with Crippen molar-refractivity contribution >= 4 is 33.5 Å². The molecule has 2 N–H and O–H groups in total. The first kappa shape index (κ1) is 17.0. The first-order chi connectivity index (χ1) is 12.7. The van der Waals surface area contributed by atoms with Gasteiger partial charge in [-0.2, -0.15) is 25.1 Å². The fourth-order valence-corrected chi connectivity index (χ4v) is 3.02. The molecule has 0 bridgehead atoms. The summed E-state index contributed by atoms with van der Waals surface area (Å²) in [5.41, 5.74) is 0.902. The minimum absolute atomic E-state index is 0.0475. The van der Waals surface area contributed by atoms with Gasteiger partial charge < -0.3 is 10.6 Å². The molecule has 1 aliphatic carbocycles. The standard InChI is InChI=1S/C16H20BrN9/c1-3-18-15-12(17)9-19-16(23-15)22-14-8-13(24-25(14)11-4-5-11)10(2)26-20-6-7-21-26/h6-11H,3-5H2,1-2H3,(H2,18,19,22,23). The van der Waals surface area contributed by atoms with E-state index in [1.54, 1.807) is 23.4 Å². The Bertz CT molecular complexity index is 885. The van der Waals surface area contributed by atoms with Gasteiger partial charge in [-0.3, -0.25) is 0 Å². The number of anilines is 3. The van der Waals surface area contributed by atoms with Crippen molar-refractivity contribution < 1.29 is 0 Å². The molecule has 0 aromatic carbocycles. The van der Waals surface area contributed by atoms with E-state index in [4.69, 9.17) is 5.10 Å². The molecule has 3 aromatic heterocycles. The molecule has 1 fully saturated rings. The summed E-state index contributed by atoms with van der Waals surface area (Å²) in [5.74, 6) is 2.17. The van der Waals surface area contributed by atoms with Crippen molar-refractivity contribution in [3.05, 3.63) is 34.8 Å². The minimum Gasteiger partial charge on any atom is -0.369 e. The fraction of sp³-hybridized carbons (Fsp3) is 0.438. The summed E-state index contributed by atoms with van der Waals surface area (Å²) in [6.07, 6.45) is 7.35. The second-order valence-electron chi connectivity index (χ2n) is 6.20. The predicted molar refractivity (Wildman–Crippen MR) is 102 cm³/mol. The van der Waals surface area contributed by atoms with Crippen LogP contribution in [0.1, 0.15) is 44.5 Å². The smallest absolute Gasteiger partial charge is 0.230 e. The molecule has 0 radical (unpaired) electrons. The molecule has 26 heavy (non-hydrogen) atoms. The number of halogens is 1. The maximum absolute atomic E-state index is 4.77. The van der Waals surface area contributed by atoms with E-state index in [1.165, 1.54) is 0 Å². The average Bonchev–Trinajstić information content (AvgIpc) is 3.17. The van der Waals surface area contributed by atoms with E-state index in [0.717, 1.165) is 41.2 Å². The van der Waals surface area contributed by atoms with Gasteiger partial charge in [0.1, 0.15) is 17.7 Å². The van der Waals surface area contributed by atoms with Crippen LogP contribution < -0.4 is 10.6 Å². The van der Waals surface area contributed by atoms with E-state index < -0.39 is 0 Å². The SMILES string of the molecule is CCNc1nc(Nc2cc(C(C)n3nccn3)nn2C2CC2)ncc1Br. The van der Waals surface area contributed by atoms with E-state index in [2.05, 4.69) is 46.7 Å². The summed E-state index contributed by atoms with van der Waals surface area (Å²) in [6, 6.07) is 2.39. The van der Waals surface area contributed by atoms with E-state index in [1.807, 2.05) is 24.6 Å². The van der Waals surface area contributed by atoms with E-state index in [9.17, 15) is 0 Å². The first-order valence-corrected chi connectivity index (χ1v) is 9.43. The number of hydrogen-bond acceptors (Lipinski definition) is 7. The van der Waals surface area contributed by atoms with E-state index in [0.29, 0.717) is 12.0 Å². The van der Waals surface area contributed by atoms with Crippen molar-refractivity contribution in [2.24, 2.45) is 0 Å². The van der Waals surface area contributed by atoms with Crippen LogP contribution in [0.4, 0.5) is 17.6 Å². The second kappa shape index (κ2) is 7.02. The molecule has 1 unspecified atom stereocenters. The zero-order valence-electron chi connectivity index (χ0n) is 14.6. The molecule has 0 aliphatic heterocycles. The highest BCUT2D eigenvalue weighted by molar-refractivity contribution is 9.10. The highest BCUT2D eigenvalue weighted by atomic mass is 79.9. The Morgan fingerprint density at radius 2 is 2.08 bits per heavy atom. The summed E-state index contributed by atoms with van der Waals surface area (Å²) in [7, 11) is 0. The highest BCUT2D eigenvalue weighted by Gasteiger charge is 2.29. The molecule has 1 aliphatic rings. The largest absolute Gasteiger partial charge is 0.369 e. The molecular formula is C16H20BrN9. The van der Waals surface area contributed by atoms with Gasteiger partial charge >= 0.3 is 0 Å². The van der Waals surface area contributed by atoms with Gasteiger partial charge in [-0.25, -0.2) is 9.67 Å². The third-order valence-corrected chi connectivity index (χ3v) is 4.77. The van der Waals surface area contributed by atoms with E-state index in [-0.39, 0.29) is 6.04 Å². The van der Waals surface area contributed by atoms with Gasteiger partial charge in [0.05, 0.1) is 28.6 Å². The number of rotatable bonds is 7. The van der Waals surface area contributed by atoms with Crippen LogP contribution in [-0.4, -0.2) is 41.3 Å². The molecule has 1 saturated carbocycles. The Labute approximate surface area is 159 Å². The molecule has 3 aromatic rings. The predicted octanol–water partition coefficient (Wildman–Crippen LogP) is 3.15. The molecule has 4 rings (SSSR count). The van der Waals surface area contributed by atoms with Crippen LogP contribution in [0.5, 0.6) is 0 Å². The Morgan fingerprint density at radius 1 is 1.31 bits per heavy atom. The lowest BCUT2D eigenvalue weighted by molar-refractivity contribution is 0.474. The van der Waals surface area contributed by atoms with Crippen molar-refractivity contribution in [3.8, 4) is 0 Å². The molecular weight excluding hydrogens is 398 g/mol. The third kappa shape index (κ3) is 3.41. The Kier molecular flexibility index (Phi) is 4.58. The minimum atomic E-state index is -0.0475. The molecule has 10 heteroatoms. The number of nitrogens with zero attached hydrogens (tertiary/aromatic N) is 7. The van der Waals surface area contributed by atoms with Gasteiger partial charge in [0.25, 0.3) is 0 Å². The van der Waals surface area contributed by atoms with Crippen LogP contribution >= 0.6 is 15.9 Å². The molecule has 0 saturated heterocycles. The van der Waals surface area contributed by atoms with Gasteiger partial charge in [-0.15, -0.1) is 0 Å². The summed E-state index contributed by atoms with van der Waals surface area (Å²) in [5, 5.41) is 19.7. The topological polar surface area (TPSA) is 98.4 Å². The lowest BCUT2D eigenvalue weighted by atomic mass is 10.2. The van der Waals surface area contributed by atoms with Gasteiger partial charge in [-0.05, 0) is 42.6 Å². The lowest BCUT2D eigenvalue weighted by Crippen LogP contribution is -2.11. The molecule has 0 spiro atoms. The Balaban J connectivity index is 1.63. The van der Waals surface area contributed by atoms with Gasteiger partial charge in [0.2, 0.25) is 5.95 Å². The molecule has 1 atom stereocenters. The Morgan fingerprint density at radius 3 is 2.77 bits per heavy atom. The van der Waals surface area contributed by atoms with Gasteiger partial charge in [-0.1, -0.05) is 0 Å². The highest BCUT2D eigenvalue weighted by Crippen LogP contribution is 2.38. The summed E-state index contributed by atoms with van der Waals surface area (Å²) < 4.78 is 2.85. The summed E-state index contributed by atoms with van der Waals surface area (Å²) in [4.78, 5) is 10.5. The van der Waals surface area contributed by atoms with Crippen LogP contribution in [0.2, 0.25) is 0 Å². The van der Waals surface area contributed by atoms with Crippen molar-refractivity contribution in [3.63, 3.8) is 0 Å². The zero-order chi connectivity index (χ0) is 18.1. The van der Waals surface area contributed by atoms with Crippen LogP contribution in [0.15, 0.2) is 29.1 Å². The van der Waals surface area contributed by atoms with Gasteiger partial charge in [0, 0.05) is 18.8 Å². The summed E-state index contributed by atoms with van der Waals surface area (Å²) in [6.45, 7) is 4.84. The summed E-state index contributed by atoms with van der Waals surface area (Å²) >= 11 is 3.46. The van der Waals surface area contributed by atoms with Crippen LogP contribution in [0.3, 0.4) is 0 Å². The zero-order valence-corrected chi connectivity index (χ0v) is 16.2. The number of hydrogen-bond donors (Lipinski definition) is 2. The quantitative estimate of drug-likeness (QED) is 0.608. The van der Waals surface area contributed by atoms with Crippen molar-refractivity contribution in [1.29, 1.82) is 0 Å².